The molecule has 25 heavy (non-hydrogen) atoms. The number of phenols is 3. The van der Waals surface area contributed by atoms with Crippen molar-refractivity contribution < 1.29 is 152 Å². The number of hydrogen-bond acceptors (Lipinski definition) is 5. The molecule has 5 nitrogen and oxygen atoms in total. The second-order valence-corrected chi connectivity index (χ2v) is 5.29. The summed E-state index contributed by atoms with van der Waals surface area (Å²) >= 11 is 3.33. The van der Waals surface area contributed by atoms with Crippen molar-refractivity contribution in [3.63, 3.8) is 0 Å². The zero-order valence-corrected chi connectivity index (χ0v) is 28.8. The van der Waals surface area contributed by atoms with Gasteiger partial charge in [-0.25, -0.2) is 4.79 Å². The van der Waals surface area contributed by atoms with E-state index in [9.17, 15) is 20.1 Å². The van der Waals surface area contributed by atoms with Gasteiger partial charge in [-0.2, -0.15) is 0 Å². The van der Waals surface area contributed by atoms with E-state index in [4.69, 9.17) is 4.42 Å². The number of benzene rings is 2. The molecule has 0 atom stereocenters. The molecule has 0 amide bonds. The number of rotatable bonds is 2. The van der Waals surface area contributed by atoms with Crippen molar-refractivity contribution in [2.75, 3.05) is 0 Å². The van der Waals surface area contributed by atoms with Gasteiger partial charge in [0.2, 0.25) is 0 Å². The van der Waals surface area contributed by atoms with Crippen LogP contribution in [0, 0.1) is 132 Å². The molecule has 1 heterocycles. The van der Waals surface area contributed by atoms with Crippen LogP contribution >= 0.6 is 15.9 Å². The first-order chi connectivity index (χ1) is 10.5. The van der Waals surface area contributed by atoms with Crippen molar-refractivity contribution in [1.82, 2.24) is 0 Å². The zero-order valence-electron chi connectivity index (χ0n) is 12.9. The predicted octanol–water partition coefficient (Wildman–Crippen LogP) is 3.47. The SMILES string of the molecule is O=c1oc2c(O)cccc2c(CBr)c1-c1ccc(O)cc1O.[Ac].[Ac].[Ac]. The van der Waals surface area contributed by atoms with E-state index in [2.05, 4.69) is 15.9 Å². The van der Waals surface area contributed by atoms with Gasteiger partial charge in [0.25, 0.3) is 0 Å². The van der Waals surface area contributed by atoms with Gasteiger partial charge in [-0.1, -0.05) is 28.1 Å². The summed E-state index contributed by atoms with van der Waals surface area (Å²) in [5, 5.41) is 30.1. The number of para-hydroxylation sites is 1. The summed E-state index contributed by atoms with van der Waals surface area (Å²) < 4.78 is 5.21. The van der Waals surface area contributed by atoms with Crippen molar-refractivity contribution in [3.05, 3.63) is 52.4 Å². The molecule has 0 saturated carbocycles. The van der Waals surface area contributed by atoms with Gasteiger partial charge < -0.3 is 19.7 Å². The summed E-state index contributed by atoms with van der Waals surface area (Å²) in [6, 6.07) is 8.76. The van der Waals surface area contributed by atoms with E-state index in [1.165, 1.54) is 18.2 Å². The molecule has 3 radical (unpaired) electrons. The molecule has 3 rings (SSSR count). The van der Waals surface area contributed by atoms with E-state index in [1.54, 1.807) is 12.1 Å². The van der Waals surface area contributed by atoms with Gasteiger partial charge in [0.1, 0.15) is 11.5 Å². The van der Waals surface area contributed by atoms with Crippen LogP contribution in [0.25, 0.3) is 22.1 Å². The van der Waals surface area contributed by atoms with Crippen LogP contribution in [0.2, 0.25) is 0 Å². The van der Waals surface area contributed by atoms with Gasteiger partial charge in [-0.05, 0) is 23.8 Å². The quantitative estimate of drug-likeness (QED) is 0.271. The molecule has 0 aliphatic rings. The van der Waals surface area contributed by atoms with Crippen molar-refractivity contribution in [3.8, 4) is 28.4 Å². The van der Waals surface area contributed by atoms with Crippen LogP contribution in [-0.4, -0.2) is 15.3 Å². The average molecular weight is 1040 g/mol. The third-order valence-electron chi connectivity index (χ3n) is 3.40. The third-order valence-corrected chi connectivity index (χ3v) is 3.97. The molecular formula is C16H11Ac3BrO5. The Balaban J connectivity index is 0.00000192. The monoisotopic (exact) mass is 1040 g/mol. The van der Waals surface area contributed by atoms with Gasteiger partial charge in [-0.3, -0.25) is 0 Å². The Morgan fingerprint density at radius 2 is 1.64 bits per heavy atom. The minimum atomic E-state index is -0.676. The molecule has 0 spiro atoms. The fraction of sp³-hybridized carbons (Fsp3) is 0.0625. The zero-order chi connectivity index (χ0) is 15.9. The molecule has 0 unspecified atom stereocenters. The van der Waals surface area contributed by atoms with E-state index in [0.717, 1.165) is 6.07 Å². The van der Waals surface area contributed by atoms with E-state index >= 15 is 0 Å². The van der Waals surface area contributed by atoms with Crippen LogP contribution in [0.15, 0.2) is 45.6 Å². The molecular weight excluding hydrogens is 1030 g/mol. The van der Waals surface area contributed by atoms with Gasteiger partial charge >= 0.3 is 5.63 Å². The first kappa shape index (κ1) is 26.9. The largest absolute Gasteiger partial charge is 0.508 e. The Kier molecular flexibility index (Phi) is 12.6. The van der Waals surface area contributed by atoms with Gasteiger partial charge in [0.05, 0.1) is 5.56 Å². The van der Waals surface area contributed by atoms with Crippen LogP contribution in [-0.2, 0) is 5.33 Å². The fourth-order valence-electron chi connectivity index (χ4n) is 2.41. The molecule has 0 aliphatic heterocycles. The number of hydrogen-bond donors (Lipinski definition) is 3. The van der Waals surface area contributed by atoms with E-state index in [0.29, 0.717) is 16.3 Å². The fourth-order valence-corrected chi connectivity index (χ4v) is 3.00. The number of alkyl halides is 1. The van der Waals surface area contributed by atoms with Gasteiger partial charge in [0, 0.05) is 155 Å². The molecule has 0 bridgehead atoms. The number of aromatic hydroxyl groups is 3. The molecule has 121 valence electrons. The average Bonchev–Trinajstić information content (AvgIpc) is 2.48. The molecule has 3 aromatic rings. The Labute approximate surface area is 259 Å². The molecule has 0 aliphatic carbocycles. The third kappa shape index (κ3) is 5.69. The number of fused-ring (bicyclic) bond motifs is 1. The molecule has 3 N–H and O–H groups in total. The van der Waals surface area contributed by atoms with Crippen LogP contribution in [0.1, 0.15) is 5.56 Å². The summed E-state index contributed by atoms with van der Waals surface area (Å²) in [6.45, 7) is 0. The van der Waals surface area contributed by atoms with Crippen molar-refractivity contribution in [2.24, 2.45) is 0 Å². The smallest absolute Gasteiger partial charge is 0.344 e. The maximum atomic E-state index is 12.3. The standard InChI is InChI=1S/C16H11BrO5.3Ac/c17-7-11-9-2-1-3-12(19)15(9)22-16(21)14(11)10-5-4-8(18)6-13(10)20;;;/h1-6,18-20H,7H2;;;. The summed E-state index contributed by atoms with van der Waals surface area (Å²) in [5.41, 5.74) is 0.454. The maximum absolute atomic E-state index is 12.3. The topological polar surface area (TPSA) is 90.9 Å². The summed E-state index contributed by atoms with van der Waals surface area (Å²) in [6.07, 6.45) is 0. The second kappa shape index (κ2) is 11.8. The van der Waals surface area contributed by atoms with E-state index in [-0.39, 0.29) is 166 Å². The summed E-state index contributed by atoms with van der Waals surface area (Å²) in [5.74, 6) is -0.461. The maximum Gasteiger partial charge on any atom is 0.344 e. The normalized spacial score (nSPS) is 9.64. The minimum Gasteiger partial charge on any atom is -0.508 e. The number of phenolic OH excluding ortho intramolecular Hbond substituents is 3. The Hall–Kier alpha value is 1.85. The minimum absolute atomic E-state index is 0. The molecule has 9 heteroatoms. The van der Waals surface area contributed by atoms with Crippen molar-refractivity contribution in [2.45, 2.75) is 5.33 Å². The summed E-state index contributed by atoms with van der Waals surface area (Å²) in [4.78, 5) is 12.3. The number of halogens is 1. The molecule has 0 saturated heterocycles. The van der Waals surface area contributed by atoms with Crippen molar-refractivity contribution >= 4 is 26.9 Å². The predicted molar refractivity (Wildman–Crippen MR) is 85.5 cm³/mol. The first-order valence-electron chi connectivity index (χ1n) is 6.39. The molecule has 2 aromatic carbocycles. The molecule has 1 aromatic heterocycles. The van der Waals surface area contributed by atoms with Crippen LogP contribution in [0.4, 0.5) is 0 Å². The van der Waals surface area contributed by atoms with Crippen LogP contribution in [0.5, 0.6) is 17.2 Å². The first-order valence-corrected chi connectivity index (χ1v) is 7.51. The Morgan fingerprint density at radius 1 is 0.960 bits per heavy atom. The van der Waals surface area contributed by atoms with Gasteiger partial charge in [-0.15, -0.1) is 0 Å². The summed E-state index contributed by atoms with van der Waals surface area (Å²) in [7, 11) is 0. The van der Waals surface area contributed by atoms with E-state index < -0.39 is 5.63 Å². The molecule has 0 fully saturated rings. The van der Waals surface area contributed by atoms with Crippen LogP contribution < -0.4 is 5.63 Å². The van der Waals surface area contributed by atoms with Gasteiger partial charge in [0.15, 0.2) is 11.3 Å². The van der Waals surface area contributed by atoms with E-state index in [1.807, 2.05) is 0 Å². The second-order valence-electron chi connectivity index (χ2n) is 4.73. The van der Waals surface area contributed by atoms with Crippen LogP contribution in [0.3, 0.4) is 0 Å². The Morgan fingerprint density at radius 3 is 2.24 bits per heavy atom. The Bertz CT molecular complexity index is 943. The van der Waals surface area contributed by atoms with Crippen molar-refractivity contribution in [1.29, 1.82) is 0 Å².